The largest absolute Gasteiger partial charge is 0.507 e. The van der Waals surface area contributed by atoms with Crippen molar-refractivity contribution in [1.29, 1.82) is 0 Å². The lowest BCUT2D eigenvalue weighted by molar-refractivity contribution is 0.418. The minimum Gasteiger partial charge on any atom is -0.507 e. The van der Waals surface area contributed by atoms with Gasteiger partial charge in [0.05, 0.1) is 4.47 Å². The normalized spacial score (nSPS) is 17.4. The molecule has 1 aromatic rings. The van der Waals surface area contributed by atoms with Gasteiger partial charge in [-0.05, 0) is 52.4 Å². The molecule has 0 aromatic heterocycles. The molecule has 1 nitrogen and oxygen atoms in total. The molecular weight excluding hydrogens is 216 g/mol. The number of halogens is 1. The van der Waals surface area contributed by atoms with E-state index in [0.29, 0.717) is 5.75 Å². The zero-order valence-corrected chi connectivity index (χ0v) is 8.34. The van der Waals surface area contributed by atoms with E-state index in [-0.39, 0.29) is 0 Å². The Morgan fingerprint density at radius 2 is 2.08 bits per heavy atom. The molecule has 64 valence electrons. The second-order valence-corrected chi connectivity index (χ2v) is 4.19. The van der Waals surface area contributed by atoms with Gasteiger partial charge < -0.3 is 5.11 Å². The first kappa shape index (κ1) is 8.11. The Morgan fingerprint density at radius 3 is 2.58 bits per heavy atom. The number of phenolic OH excluding ortho intramolecular Hbond substituents is 1. The van der Waals surface area contributed by atoms with Crippen LogP contribution in [0, 0.1) is 0 Å². The Bertz CT molecular complexity index is 292. The third-order valence-electron chi connectivity index (χ3n) is 2.55. The van der Waals surface area contributed by atoms with Crippen LogP contribution < -0.4 is 0 Å². The smallest absolute Gasteiger partial charge is 0.129 e. The highest BCUT2D eigenvalue weighted by atomic mass is 79.9. The van der Waals surface area contributed by atoms with Crippen molar-refractivity contribution in [2.24, 2.45) is 0 Å². The third kappa shape index (κ3) is 1.36. The van der Waals surface area contributed by atoms with Gasteiger partial charge in [-0.3, -0.25) is 0 Å². The fourth-order valence-corrected chi connectivity index (χ4v) is 1.92. The second kappa shape index (κ2) is 3.09. The van der Waals surface area contributed by atoms with E-state index in [9.17, 15) is 5.11 Å². The van der Waals surface area contributed by atoms with Crippen LogP contribution in [0.1, 0.15) is 30.7 Å². The number of hydrogen-bond donors (Lipinski definition) is 1. The van der Waals surface area contributed by atoms with Crippen molar-refractivity contribution in [1.82, 2.24) is 0 Å². The maximum atomic E-state index is 9.27. The number of rotatable bonds is 1. The molecule has 2 heteroatoms. The average molecular weight is 227 g/mol. The van der Waals surface area contributed by atoms with E-state index in [1.54, 1.807) is 6.07 Å². The second-order valence-electron chi connectivity index (χ2n) is 3.34. The van der Waals surface area contributed by atoms with Crippen LogP contribution in [0.4, 0.5) is 0 Å². The summed E-state index contributed by atoms with van der Waals surface area (Å²) in [5.41, 5.74) is 1.35. The molecule has 1 aromatic carbocycles. The van der Waals surface area contributed by atoms with Crippen LogP contribution >= 0.6 is 15.9 Å². The summed E-state index contributed by atoms with van der Waals surface area (Å²) < 4.78 is 0.812. The van der Waals surface area contributed by atoms with Crippen LogP contribution in [0.3, 0.4) is 0 Å². The number of aromatic hydroxyl groups is 1. The van der Waals surface area contributed by atoms with Crippen molar-refractivity contribution in [3.05, 3.63) is 28.2 Å². The van der Waals surface area contributed by atoms with Gasteiger partial charge in [-0.25, -0.2) is 0 Å². The fraction of sp³-hybridized carbons (Fsp3) is 0.400. The van der Waals surface area contributed by atoms with Crippen LogP contribution in [0.5, 0.6) is 5.75 Å². The molecule has 0 bridgehead atoms. The molecule has 0 atom stereocenters. The van der Waals surface area contributed by atoms with Crippen LogP contribution in [-0.4, -0.2) is 5.11 Å². The van der Waals surface area contributed by atoms with Crippen molar-refractivity contribution in [2.75, 3.05) is 0 Å². The van der Waals surface area contributed by atoms with E-state index in [1.165, 1.54) is 24.8 Å². The molecule has 0 aliphatic heterocycles. The Kier molecular flexibility index (Phi) is 2.09. The molecule has 2 rings (SSSR count). The molecule has 0 amide bonds. The van der Waals surface area contributed by atoms with Gasteiger partial charge in [0.25, 0.3) is 0 Å². The number of phenols is 1. The summed E-state index contributed by atoms with van der Waals surface area (Å²) in [6, 6.07) is 5.81. The summed E-state index contributed by atoms with van der Waals surface area (Å²) in [4.78, 5) is 0. The van der Waals surface area contributed by atoms with Gasteiger partial charge in [0, 0.05) is 0 Å². The van der Waals surface area contributed by atoms with E-state index in [4.69, 9.17) is 0 Å². The van der Waals surface area contributed by atoms with Crippen LogP contribution in [0.2, 0.25) is 0 Å². The fourth-order valence-electron chi connectivity index (χ4n) is 1.52. The van der Waals surface area contributed by atoms with Crippen LogP contribution in [-0.2, 0) is 0 Å². The molecule has 0 saturated heterocycles. The van der Waals surface area contributed by atoms with E-state index < -0.39 is 0 Å². The Labute approximate surface area is 80.5 Å². The van der Waals surface area contributed by atoms with Crippen molar-refractivity contribution < 1.29 is 5.11 Å². The van der Waals surface area contributed by atoms with E-state index >= 15 is 0 Å². The molecule has 12 heavy (non-hydrogen) atoms. The standard InChI is InChI=1S/C10H11BrO/c11-9-6-8(4-5-10(9)12)7-2-1-3-7/h4-7,12H,1-3H2. The SMILES string of the molecule is Oc1ccc(C2CCC2)cc1Br. The molecular formula is C10H11BrO. The van der Waals surface area contributed by atoms with E-state index in [1.807, 2.05) is 12.1 Å². The monoisotopic (exact) mass is 226 g/mol. The molecule has 0 unspecified atom stereocenters. The van der Waals surface area contributed by atoms with Gasteiger partial charge in [-0.1, -0.05) is 12.5 Å². The Morgan fingerprint density at radius 1 is 1.33 bits per heavy atom. The number of hydrogen-bond acceptors (Lipinski definition) is 1. The van der Waals surface area contributed by atoms with E-state index in [0.717, 1.165) is 10.4 Å². The first-order valence-electron chi connectivity index (χ1n) is 4.26. The quantitative estimate of drug-likeness (QED) is 0.779. The van der Waals surface area contributed by atoms with Crippen molar-refractivity contribution in [3.8, 4) is 5.75 Å². The van der Waals surface area contributed by atoms with Gasteiger partial charge in [0.2, 0.25) is 0 Å². The lowest BCUT2D eigenvalue weighted by Crippen LogP contribution is -2.08. The van der Waals surface area contributed by atoms with Gasteiger partial charge in [0.15, 0.2) is 0 Å². The third-order valence-corrected chi connectivity index (χ3v) is 3.18. The Balaban J connectivity index is 2.27. The van der Waals surface area contributed by atoms with Crippen molar-refractivity contribution in [3.63, 3.8) is 0 Å². The lowest BCUT2D eigenvalue weighted by atomic mass is 9.80. The van der Waals surface area contributed by atoms with Crippen LogP contribution in [0.15, 0.2) is 22.7 Å². The zero-order valence-electron chi connectivity index (χ0n) is 6.76. The van der Waals surface area contributed by atoms with Gasteiger partial charge in [0.1, 0.15) is 5.75 Å². The maximum absolute atomic E-state index is 9.27. The lowest BCUT2D eigenvalue weighted by Gasteiger charge is -2.25. The number of benzene rings is 1. The molecule has 0 radical (unpaired) electrons. The zero-order chi connectivity index (χ0) is 8.55. The summed E-state index contributed by atoms with van der Waals surface area (Å²) in [5, 5.41) is 9.27. The minimum atomic E-state index is 0.332. The molecule has 1 aliphatic rings. The summed E-state index contributed by atoms with van der Waals surface area (Å²) >= 11 is 3.32. The molecule has 1 fully saturated rings. The maximum Gasteiger partial charge on any atom is 0.129 e. The molecule has 1 saturated carbocycles. The highest BCUT2D eigenvalue weighted by Gasteiger charge is 2.19. The highest BCUT2D eigenvalue weighted by Crippen LogP contribution is 2.38. The molecule has 0 heterocycles. The first-order valence-corrected chi connectivity index (χ1v) is 5.05. The van der Waals surface area contributed by atoms with Crippen molar-refractivity contribution in [2.45, 2.75) is 25.2 Å². The Hall–Kier alpha value is -0.500. The molecule has 0 spiro atoms. The van der Waals surface area contributed by atoms with Gasteiger partial charge in [-0.2, -0.15) is 0 Å². The highest BCUT2D eigenvalue weighted by molar-refractivity contribution is 9.10. The van der Waals surface area contributed by atoms with Crippen LogP contribution in [0.25, 0.3) is 0 Å². The minimum absolute atomic E-state index is 0.332. The van der Waals surface area contributed by atoms with Gasteiger partial charge >= 0.3 is 0 Å². The average Bonchev–Trinajstić information content (AvgIpc) is 1.93. The van der Waals surface area contributed by atoms with Gasteiger partial charge in [-0.15, -0.1) is 0 Å². The summed E-state index contributed by atoms with van der Waals surface area (Å²) in [7, 11) is 0. The topological polar surface area (TPSA) is 20.2 Å². The summed E-state index contributed by atoms with van der Waals surface area (Å²) in [6.45, 7) is 0. The predicted molar refractivity (Wildman–Crippen MR) is 52.4 cm³/mol. The van der Waals surface area contributed by atoms with Crippen molar-refractivity contribution >= 4 is 15.9 Å². The van der Waals surface area contributed by atoms with E-state index in [2.05, 4.69) is 15.9 Å². The molecule has 1 N–H and O–H groups in total. The first-order chi connectivity index (χ1) is 5.77. The summed E-state index contributed by atoms with van der Waals surface area (Å²) in [6.07, 6.45) is 3.96. The predicted octanol–water partition coefficient (Wildman–Crippen LogP) is 3.42. The molecule has 1 aliphatic carbocycles. The summed E-state index contributed by atoms with van der Waals surface area (Å²) in [5.74, 6) is 1.07.